The molecule has 1 aromatic rings. The van der Waals surface area contributed by atoms with Crippen LogP contribution in [0, 0.1) is 11.8 Å². The summed E-state index contributed by atoms with van der Waals surface area (Å²) in [6, 6.07) is 1.94. The maximum atomic E-state index is 4.15. The maximum Gasteiger partial charge on any atom is 0.115 e. The quantitative estimate of drug-likeness (QED) is 0.775. The first kappa shape index (κ1) is 11.1. The van der Waals surface area contributed by atoms with E-state index in [-0.39, 0.29) is 0 Å². The van der Waals surface area contributed by atoms with Gasteiger partial charge in [-0.1, -0.05) is 20.8 Å². The summed E-state index contributed by atoms with van der Waals surface area (Å²) >= 11 is 0. The molecule has 1 aromatic heterocycles. The zero-order chi connectivity index (χ0) is 10.4. The lowest BCUT2D eigenvalue weighted by atomic mass is 9.98. The van der Waals surface area contributed by atoms with Gasteiger partial charge in [-0.25, -0.2) is 9.97 Å². The molecule has 0 bridgehead atoms. The van der Waals surface area contributed by atoms with E-state index in [0.717, 1.165) is 24.7 Å². The second-order valence-corrected chi connectivity index (χ2v) is 4.05. The fourth-order valence-corrected chi connectivity index (χ4v) is 1.09. The van der Waals surface area contributed by atoms with Gasteiger partial charge in [-0.3, -0.25) is 0 Å². The molecule has 0 radical (unpaired) electrons. The Kier molecular flexibility index (Phi) is 4.53. The highest BCUT2D eigenvalue weighted by Crippen LogP contribution is 2.07. The molecule has 0 fully saturated rings. The van der Waals surface area contributed by atoms with Gasteiger partial charge in [0, 0.05) is 12.7 Å². The van der Waals surface area contributed by atoms with E-state index in [1.54, 1.807) is 12.5 Å². The van der Waals surface area contributed by atoms with Gasteiger partial charge in [0.05, 0.1) is 5.69 Å². The van der Waals surface area contributed by atoms with Crippen molar-refractivity contribution in [3.05, 3.63) is 24.3 Å². The van der Waals surface area contributed by atoms with Gasteiger partial charge in [0.1, 0.15) is 6.33 Å². The van der Waals surface area contributed by atoms with Crippen LogP contribution < -0.4 is 5.32 Å². The highest BCUT2D eigenvalue weighted by atomic mass is 14.9. The first-order valence-electron chi connectivity index (χ1n) is 5.15. The molecule has 0 saturated heterocycles. The third-order valence-corrected chi connectivity index (χ3v) is 2.55. The van der Waals surface area contributed by atoms with Crippen molar-refractivity contribution in [2.45, 2.75) is 27.3 Å². The van der Waals surface area contributed by atoms with Gasteiger partial charge < -0.3 is 5.32 Å². The summed E-state index contributed by atoms with van der Waals surface area (Å²) in [4.78, 5) is 8.02. The Bertz CT molecular complexity index is 246. The van der Waals surface area contributed by atoms with Gasteiger partial charge >= 0.3 is 0 Å². The Labute approximate surface area is 86.0 Å². The molecule has 78 valence electrons. The first-order chi connectivity index (χ1) is 6.70. The Morgan fingerprint density at radius 2 is 2.14 bits per heavy atom. The molecule has 0 aliphatic rings. The molecule has 0 amide bonds. The maximum absolute atomic E-state index is 4.15. The van der Waals surface area contributed by atoms with E-state index in [0.29, 0.717) is 5.92 Å². The smallest absolute Gasteiger partial charge is 0.115 e. The highest BCUT2D eigenvalue weighted by Gasteiger charge is 2.05. The fourth-order valence-electron chi connectivity index (χ4n) is 1.09. The molecule has 1 N–H and O–H groups in total. The van der Waals surface area contributed by atoms with Crippen LogP contribution in [-0.4, -0.2) is 16.5 Å². The second-order valence-electron chi connectivity index (χ2n) is 4.05. The van der Waals surface area contributed by atoms with Crippen molar-refractivity contribution in [1.29, 1.82) is 0 Å². The van der Waals surface area contributed by atoms with Gasteiger partial charge in [-0.05, 0) is 24.4 Å². The Morgan fingerprint density at radius 1 is 1.36 bits per heavy atom. The summed E-state index contributed by atoms with van der Waals surface area (Å²) in [6.45, 7) is 8.63. The number of rotatable bonds is 5. The van der Waals surface area contributed by atoms with Crippen molar-refractivity contribution in [1.82, 2.24) is 15.3 Å². The predicted octanol–water partition coefficient (Wildman–Crippen LogP) is 1.86. The van der Waals surface area contributed by atoms with Gasteiger partial charge in [0.15, 0.2) is 0 Å². The topological polar surface area (TPSA) is 37.8 Å². The van der Waals surface area contributed by atoms with Crippen LogP contribution in [0.3, 0.4) is 0 Å². The van der Waals surface area contributed by atoms with Crippen molar-refractivity contribution in [2.24, 2.45) is 11.8 Å². The normalized spacial score (nSPS) is 13.1. The molecule has 0 aromatic carbocycles. The van der Waals surface area contributed by atoms with Crippen molar-refractivity contribution < 1.29 is 0 Å². The van der Waals surface area contributed by atoms with E-state index >= 15 is 0 Å². The standard InChI is InChI=1S/C11H19N3/c1-9(2)10(3)6-13-7-11-4-5-12-8-14-11/h4-5,8-10,13H,6-7H2,1-3H3. The number of nitrogens with zero attached hydrogens (tertiary/aromatic N) is 2. The van der Waals surface area contributed by atoms with Crippen LogP contribution in [0.15, 0.2) is 18.6 Å². The van der Waals surface area contributed by atoms with E-state index in [1.807, 2.05) is 6.07 Å². The molecular weight excluding hydrogens is 174 g/mol. The molecular formula is C11H19N3. The van der Waals surface area contributed by atoms with Crippen LogP contribution in [0.5, 0.6) is 0 Å². The third kappa shape index (κ3) is 3.83. The minimum Gasteiger partial charge on any atom is -0.311 e. The van der Waals surface area contributed by atoms with Crippen LogP contribution in [0.4, 0.5) is 0 Å². The molecule has 0 aliphatic carbocycles. The molecule has 0 spiro atoms. The van der Waals surface area contributed by atoms with E-state index < -0.39 is 0 Å². The first-order valence-corrected chi connectivity index (χ1v) is 5.15. The van der Waals surface area contributed by atoms with Crippen molar-refractivity contribution in [2.75, 3.05) is 6.54 Å². The van der Waals surface area contributed by atoms with E-state index in [4.69, 9.17) is 0 Å². The average Bonchev–Trinajstić information content (AvgIpc) is 2.19. The molecule has 3 heteroatoms. The second kappa shape index (κ2) is 5.70. The SMILES string of the molecule is CC(C)C(C)CNCc1ccncn1. The van der Waals surface area contributed by atoms with E-state index in [1.165, 1.54) is 0 Å². The average molecular weight is 193 g/mol. The highest BCUT2D eigenvalue weighted by molar-refractivity contribution is 4.96. The minimum atomic E-state index is 0.705. The van der Waals surface area contributed by atoms with Crippen molar-refractivity contribution >= 4 is 0 Å². The van der Waals surface area contributed by atoms with Gasteiger partial charge in [-0.15, -0.1) is 0 Å². The Morgan fingerprint density at radius 3 is 2.71 bits per heavy atom. The van der Waals surface area contributed by atoms with Gasteiger partial charge in [-0.2, -0.15) is 0 Å². The lowest BCUT2D eigenvalue weighted by Gasteiger charge is -2.15. The molecule has 1 atom stereocenters. The lowest BCUT2D eigenvalue weighted by Crippen LogP contribution is -2.24. The molecule has 1 unspecified atom stereocenters. The molecule has 1 heterocycles. The number of aromatic nitrogens is 2. The van der Waals surface area contributed by atoms with E-state index in [9.17, 15) is 0 Å². The number of hydrogen-bond acceptors (Lipinski definition) is 3. The van der Waals surface area contributed by atoms with Crippen LogP contribution in [0.25, 0.3) is 0 Å². The third-order valence-electron chi connectivity index (χ3n) is 2.55. The number of nitrogens with one attached hydrogen (secondary N) is 1. The summed E-state index contributed by atoms with van der Waals surface area (Å²) in [5.41, 5.74) is 1.05. The zero-order valence-electron chi connectivity index (χ0n) is 9.20. The van der Waals surface area contributed by atoms with Crippen LogP contribution in [-0.2, 0) is 6.54 Å². The van der Waals surface area contributed by atoms with Crippen molar-refractivity contribution in [3.8, 4) is 0 Å². The lowest BCUT2D eigenvalue weighted by molar-refractivity contribution is 0.391. The van der Waals surface area contributed by atoms with E-state index in [2.05, 4.69) is 36.1 Å². The summed E-state index contributed by atoms with van der Waals surface area (Å²) in [7, 11) is 0. The fraction of sp³-hybridized carbons (Fsp3) is 0.636. The molecule has 0 saturated carbocycles. The number of hydrogen-bond donors (Lipinski definition) is 1. The molecule has 14 heavy (non-hydrogen) atoms. The Balaban J connectivity index is 2.22. The van der Waals surface area contributed by atoms with Crippen molar-refractivity contribution in [3.63, 3.8) is 0 Å². The summed E-state index contributed by atoms with van der Waals surface area (Å²) in [5, 5.41) is 3.39. The minimum absolute atomic E-state index is 0.705. The largest absolute Gasteiger partial charge is 0.311 e. The van der Waals surface area contributed by atoms with Crippen LogP contribution in [0.1, 0.15) is 26.5 Å². The summed E-state index contributed by atoms with van der Waals surface area (Å²) < 4.78 is 0. The zero-order valence-corrected chi connectivity index (χ0v) is 9.20. The Hall–Kier alpha value is -0.960. The summed E-state index contributed by atoms with van der Waals surface area (Å²) in [6.07, 6.45) is 3.36. The molecule has 1 rings (SSSR count). The summed E-state index contributed by atoms with van der Waals surface area (Å²) in [5.74, 6) is 1.43. The molecule has 0 aliphatic heterocycles. The van der Waals surface area contributed by atoms with Crippen LogP contribution >= 0.6 is 0 Å². The van der Waals surface area contributed by atoms with Gasteiger partial charge in [0.25, 0.3) is 0 Å². The molecule has 3 nitrogen and oxygen atoms in total. The van der Waals surface area contributed by atoms with Gasteiger partial charge in [0.2, 0.25) is 0 Å². The van der Waals surface area contributed by atoms with Crippen LogP contribution in [0.2, 0.25) is 0 Å². The predicted molar refractivity (Wildman–Crippen MR) is 57.7 cm³/mol. The monoisotopic (exact) mass is 193 g/mol.